The van der Waals surface area contributed by atoms with Gasteiger partial charge in [0, 0.05) is 5.56 Å². The number of nitrogens with two attached hydrogens (primary N) is 1. The molecule has 17 heavy (non-hydrogen) atoms. The molecule has 0 saturated heterocycles. The van der Waals surface area contributed by atoms with Crippen LogP contribution in [0.25, 0.3) is 0 Å². The van der Waals surface area contributed by atoms with Crippen molar-refractivity contribution in [3.05, 3.63) is 35.1 Å². The maximum Gasteiger partial charge on any atom is 0.417 e. The second-order valence-corrected chi connectivity index (χ2v) is 3.37. The van der Waals surface area contributed by atoms with Crippen LogP contribution < -0.4 is 11.2 Å². The molecule has 0 unspecified atom stereocenters. The van der Waals surface area contributed by atoms with Crippen LogP contribution in [-0.4, -0.2) is 11.3 Å². The van der Waals surface area contributed by atoms with E-state index < -0.39 is 23.1 Å². The number of hydrazone groups is 1. The number of thiocarbonyl (C=S) groups is 1. The van der Waals surface area contributed by atoms with Gasteiger partial charge in [0.2, 0.25) is 0 Å². The Kier molecular flexibility index (Phi) is 4.00. The quantitative estimate of drug-likeness (QED) is 0.372. The van der Waals surface area contributed by atoms with Crippen molar-refractivity contribution in [3.8, 4) is 0 Å². The van der Waals surface area contributed by atoms with E-state index in [1.807, 2.05) is 5.43 Å². The first-order valence-corrected chi connectivity index (χ1v) is 4.67. The van der Waals surface area contributed by atoms with Crippen molar-refractivity contribution < 1.29 is 17.6 Å². The topological polar surface area (TPSA) is 50.4 Å². The Hall–Kier alpha value is -1.70. The fraction of sp³-hybridized carbons (Fsp3) is 0.111. The average molecular weight is 265 g/mol. The number of nitrogens with zero attached hydrogens (tertiary/aromatic N) is 1. The van der Waals surface area contributed by atoms with Crippen molar-refractivity contribution in [1.29, 1.82) is 0 Å². The van der Waals surface area contributed by atoms with Crippen LogP contribution in [0.2, 0.25) is 0 Å². The molecular weight excluding hydrogens is 258 g/mol. The summed E-state index contributed by atoms with van der Waals surface area (Å²) in [6, 6.07) is 2.62. The van der Waals surface area contributed by atoms with E-state index in [-0.39, 0.29) is 5.11 Å². The number of benzene rings is 1. The van der Waals surface area contributed by atoms with Gasteiger partial charge in [-0.25, -0.2) is 4.39 Å². The number of alkyl halides is 3. The molecular formula is C9H7F4N3S. The van der Waals surface area contributed by atoms with Crippen molar-refractivity contribution in [2.24, 2.45) is 10.8 Å². The Bertz CT molecular complexity index is 456. The lowest BCUT2D eigenvalue weighted by molar-refractivity contribution is -0.137. The van der Waals surface area contributed by atoms with Gasteiger partial charge in [-0.2, -0.15) is 18.3 Å². The summed E-state index contributed by atoms with van der Waals surface area (Å²) in [7, 11) is 0. The molecule has 0 saturated carbocycles. The van der Waals surface area contributed by atoms with Crippen molar-refractivity contribution in [2.45, 2.75) is 6.18 Å². The van der Waals surface area contributed by atoms with Gasteiger partial charge < -0.3 is 5.73 Å². The van der Waals surface area contributed by atoms with Crippen LogP contribution in [0.1, 0.15) is 11.1 Å². The summed E-state index contributed by atoms with van der Waals surface area (Å²) >= 11 is 4.39. The zero-order valence-corrected chi connectivity index (χ0v) is 9.07. The first kappa shape index (κ1) is 13.4. The third-order valence-electron chi connectivity index (χ3n) is 1.73. The molecule has 0 amide bonds. The predicted molar refractivity (Wildman–Crippen MR) is 58.9 cm³/mol. The molecule has 1 aromatic carbocycles. The molecule has 8 heteroatoms. The summed E-state index contributed by atoms with van der Waals surface area (Å²) < 4.78 is 50.8. The van der Waals surface area contributed by atoms with E-state index in [1.54, 1.807) is 0 Å². The molecule has 0 fully saturated rings. The molecule has 3 nitrogen and oxygen atoms in total. The zero-order chi connectivity index (χ0) is 13.1. The molecule has 1 rings (SSSR count). The molecule has 0 bridgehead atoms. The third-order valence-corrected chi connectivity index (χ3v) is 1.82. The highest BCUT2D eigenvalue weighted by Crippen LogP contribution is 2.32. The Morgan fingerprint density at radius 2 is 2.06 bits per heavy atom. The molecule has 0 heterocycles. The zero-order valence-electron chi connectivity index (χ0n) is 8.25. The summed E-state index contributed by atoms with van der Waals surface area (Å²) in [6.45, 7) is 0. The van der Waals surface area contributed by atoms with E-state index in [0.29, 0.717) is 6.21 Å². The van der Waals surface area contributed by atoms with Crippen molar-refractivity contribution >= 4 is 23.5 Å². The summed E-state index contributed by atoms with van der Waals surface area (Å²) in [5, 5.41) is 3.06. The van der Waals surface area contributed by atoms with Crippen LogP contribution in [-0.2, 0) is 6.18 Å². The molecule has 0 aliphatic carbocycles. The van der Waals surface area contributed by atoms with Crippen LogP contribution in [0.4, 0.5) is 17.6 Å². The summed E-state index contributed by atoms with van der Waals surface area (Å²) in [6.07, 6.45) is -3.98. The van der Waals surface area contributed by atoms with Gasteiger partial charge in [-0.15, -0.1) is 0 Å². The van der Waals surface area contributed by atoms with Crippen LogP contribution in [0.15, 0.2) is 23.3 Å². The number of halogens is 4. The van der Waals surface area contributed by atoms with Gasteiger partial charge in [-0.3, -0.25) is 5.43 Å². The summed E-state index contributed by atoms with van der Waals surface area (Å²) in [4.78, 5) is 0. The molecule has 0 aliphatic rings. The van der Waals surface area contributed by atoms with Crippen LogP contribution in [0.5, 0.6) is 0 Å². The Morgan fingerprint density at radius 1 is 1.41 bits per heavy atom. The molecule has 0 atom stereocenters. The number of hydrogen-bond acceptors (Lipinski definition) is 2. The summed E-state index contributed by atoms with van der Waals surface area (Å²) in [5.74, 6) is -1.03. The smallest absolute Gasteiger partial charge is 0.375 e. The highest BCUT2D eigenvalue weighted by atomic mass is 32.1. The maximum atomic E-state index is 13.2. The molecule has 92 valence electrons. The minimum absolute atomic E-state index is 0.230. The lowest BCUT2D eigenvalue weighted by atomic mass is 10.1. The van der Waals surface area contributed by atoms with Crippen LogP contribution in [0, 0.1) is 5.82 Å². The minimum atomic E-state index is -4.66. The first-order chi connectivity index (χ1) is 7.82. The highest BCUT2D eigenvalue weighted by molar-refractivity contribution is 7.80. The average Bonchev–Trinajstić information content (AvgIpc) is 2.18. The van der Waals surface area contributed by atoms with Gasteiger partial charge >= 0.3 is 6.18 Å². The number of hydrogen-bond donors (Lipinski definition) is 2. The number of nitrogens with one attached hydrogen (secondary N) is 1. The van der Waals surface area contributed by atoms with Crippen molar-refractivity contribution in [1.82, 2.24) is 5.43 Å². The van der Waals surface area contributed by atoms with Crippen molar-refractivity contribution in [2.75, 3.05) is 0 Å². The van der Waals surface area contributed by atoms with Gasteiger partial charge in [-0.05, 0) is 24.4 Å². The monoisotopic (exact) mass is 265 g/mol. The fourth-order valence-electron chi connectivity index (χ4n) is 1.08. The first-order valence-electron chi connectivity index (χ1n) is 4.26. The lowest BCUT2D eigenvalue weighted by Crippen LogP contribution is -2.24. The van der Waals surface area contributed by atoms with E-state index >= 15 is 0 Å². The predicted octanol–water partition coefficient (Wildman–Crippen LogP) is 2.01. The maximum absolute atomic E-state index is 13.2. The van der Waals surface area contributed by atoms with E-state index in [9.17, 15) is 17.6 Å². The Balaban J connectivity index is 3.13. The molecule has 0 spiro atoms. The standard InChI is InChI=1S/C9H7F4N3S/c10-7-3-1-2-6(9(11,12)13)5(7)4-15-16-8(14)17/h1-4H,(H3,14,16,17). The van der Waals surface area contributed by atoms with Gasteiger partial charge in [-0.1, -0.05) is 6.07 Å². The molecule has 1 aromatic rings. The lowest BCUT2D eigenvalue weighted by Gasteiger charge is -2.10. The van der Waals surface area contributed by atoms with E-state index in [2.05, 4.69) is 17.3 Å². The van der Waals surface area contributed by atoms with Crippen molar-refractivity contribution in [3.63, 3.8) is 0 Å². The van der Waals surface area contributed by atoms with Crippen LogP contribution >= 0.6 is 12.2 Å². The van der Waals surface area contributed by atoms with E-state index in [4.69, 9.17) is 5.73 Å². The second kappa shape index (κ2) is 5.09. The number of rotatable bonds is 2. The Morgan fingerprint density at radius 3 is 2.59 bits per heavy atom. The van der Waals surface area contributed by atoms with E-state index in [0.717, 1.165) is 18.2 Å². The van der Waals surface area contributed by atoms with Gasteiger partial charge in [0.05, 0.1) is 11.8 Å². The van der Waals surface area contributed by atoms with Crippen LogP contribution in [0.3, 0.4) is 0 Å². The SMILES string of the molecule is NC(=S)NN=Cc1c(F)cccc1C(F)(F)F. The van der Waals surface area contributed by atoms with Gasteiger partial charge in [0.15, 0.2) is 5.11 Å². The van der Waals surface area contributed by atoms with Gasteiger partial charge in [0.25, 0.3) is 0 Å². The Labute approximate surface area is 99.3 Å². The second-order valence-electron chi connectivity index (χ2n) is 2.93. The largest absolute Gasteiger partial charge is 0.417 e. The van der Waals surface area contributed by atoms with Gasteiger partial charge in [0.1, 0.15) is 5.82 Å². The van der Waals surface area contributed by atoms with E-state index in [1.165, 1.54) is 0 Å². The normalized spacial score (nSPS) is 11.8. The molecule has 0 radical (unpaired) electrons. The molecule has 3 N–H and O–H groups in total. The fourth-order valence-corrected chi connectivity index (χ4v) is 1.13. The summed E-state index contributed by atoms with van der Waals surface area (Å²) in [5.41, 5.74) is 5.26. The molecule has 0 aliphatic heterocycles. The highest BCUT2D eigenvalue weighted by Gasteiger charge is 2.33. The third kappa shape index (κ3) is 3.66. The molecule has 0 aromatic heterocycles. The minimum Gasteiger partial charge on any atom is -0.375 e.